The van der Waals surface area contributed by atoms with E-state index in [0.717, 1.165) is 0 Å². The van der Waals surface area contributed by atoms with Gasteiger partial charge in [-0.15, -0.1) is 0 Å². The van der Waals surface area contributed by atoms with Gasteiger partial charge in [0, 0.05) is 11.1 Å². The minimum atomic E-state index is -2.79. The summed E-state index contributed by atoms with van der Waals surface area (Å²) in [7, 11) is 0. The fourth-order valence-corrected chi connectivity index (χ4v) is 2.50. The fraction of sp³-hybridized carbons (Fsp3) is 0.500. The molecule has 0 heterocycles. The van der Waals surface area contributed by atoms with E-state index in [0.29, 0.717) is 0 Å². The van der Waals surface area contributed by atoms with E-state index in [4.69, 9.17) is 9.47 Å². The maximum atomic E-state index is 12.6. The van der Waals surface area contributed by atoms with Crippen molar-refractivity contribution in [3.63, 3.8) is 0 Å². The minimum absolute atomic E-state index is 0.00678. The summed E-state index contributed by atoms with van der Waals surface area (Å²) < 4.78 is 10.5. The molecule has 0 saturated carbocycles. The molecule has 2 N–H and O–H groups in total. The number of carbonyl (C=O) groups is 2. The Kier molecular flexibility index (Phi) is 4.23. The largest absolute Gasteiger partial charge is 0.355 e. The maximum Gasteiger partial charge on any atom is 0.295 e. The fourth-order valence-electron chi connectivity index (χ4n) is 2.50. The number of aliphatic hydroxyl groups is 2. The monoisotopic (exact) mass is 308 g/mol. The third-order valence-electron chi connectivity index (χ3n) is 3.30. The second-order valence-corrected chi connectivity index (χ2v) is 5.83. The number of ketones is 2. The van der Waals surface area contributed by atoms with Gasteiger partial charge in [0.25, 0.3) is 11.6 Å². The van der Waals surface area contributed by atoms with E-state index in [-0.39, 0.29) is 11.1 Å². The first-order valence-corrected chi connectivity index (χ1v) is 7.12. The Bertz CT molecular complexity index is 555. The van der Waals surface area contributed by atoms with Crippen LogP contribution in [0.2, 0.25) is 0 Å². The quantitative estimate of drug-likeness (QED) is 0.814. The summed E-state index contributed by atoms with van der Waals surface area (Å²) in [5.74, 6) is -7.40. The first kappa shape index (κ1) is 16.8. The van der Waals surface area contributed by atoms with Crippen LogP contribution in [0.4, 0.5) is 0 Å². The third kappa shape index (κ3) is 2.38. The number of rotatable bonds is 4. The van der Waals surface area contributed by atoms with Crippen molar-refractivity contribution in [2.24, 2.45) is 0 Å². The maximum absolute atomic E-state index is 12.6. The molecule has 6 nitrogen and oxygen atoms in total. The summed E-state index contributed by atoms with van der Waals surface area (Å²) in [5, 5.41) is 21.5. The van der Waals surface area contributed by atoms with Crippen LogP contribution in [0, 0.1) is 0 Å². The highest BCUT2D eigenvalue weighted by Crippen LogP contribution is 2.39. The lowest BCUT2D eigenvalue weighted by atomic mass is 9.80. The van der Waals surface area contributed by atoms with Crippen molar-refractivity contribution in [1.82, 2.24) is 0 Å². The Balaban J connectivity index is 2.68. The summed E-state index contributed by atoms with van der Waals surface area (Å²) >= 11 is 0. The van der Waals surface area contributed by atoms with Crippen LogP contribution in [0.1, 0.15) is 48.4 Å². The molecule has 0 aromatic heterocycles. The van der Waals surface area contributed by atoms with Gasteiger partial charge < -0.3 is 19.7 Å². The van der Waals surface area contributed by atoms with E-state index in [1.54, 1.807) is 39.8 Å². The number of ether oxygens (including phenoxy) is 2. The van der Waals surface area contributed by atoms with Crippen LogP contribution in [0.5, 0.6) is 0 Å². The van der Waals surface area contributed by atoms with Crippen molar-refractivity contribution in [3.8, 4) is 0 Å². The number of benzene rings is 1. The van der Waals surface area contributed by atoms with Crippen LogP contribution >= 0.6 is 0 Å². The number of fused-ring (bicyclic) bond motifs is 1. The summed E-state index contributed by atoms with van der Waals surface area (Å²) in [6.45, 7) is 6.30. The molecule has 0 radical (unpaired) electrons. The van der Waals surface area contributed by atoms with Crippen molar-refractivity contribution < 1.29 is 29.3 Å². The minimum Gasteiger partial charge on any atom is -0.355 e. The lowest BCUT2D eigenvalue weighted by Gasteiger charge is -2.44. The zero-order chi connectivity index (χ0) is 16.7. The van der Waals surface area contributed by atoms with Gasteiger partial charge in [-0.1, -0.05) is 24.3 Å². The van der Waals surface area contributed by atoms with Gasteiger partial charge in [-0.25, -0.2) is 0 Å². The molecule has 0 spiro atoms. The van der Waals surface area contributed by atoms with Gasteiger partial charge in [0.2, 0.25) is 11.6 Å². The predicted octanol–water partition coefficient (Wildman–Crippen LogP) is 1.29. The zero-order valence-electron chi connectivity index (χ0n) is 13.0. The van der Waals surface area contributed by atoms with E-state index >= 15 is 0 Å². The van der Waals surface area contributed by atoms with E-state index in [9.17, 15) is 19.8 Å². The molecule has 0 saturated heterocycles. The molecule has 2 atom stereocenters. The molecule has 0 fully saturated rings. The average Bonchev–Trinajstić information content (AvgIpc) is 2.42. The second-order valence-electron chi connectivity index (χ2n) is 5.83. The molecule has 0 bridgehead atoms. The highest BCUT2D eigenvalue weighted by Gasteiger charge is 2.67. The van der Waals surface area contributed by atoms with Gasteiger partial charge in [0.1, 0.15) is 0 Å². The van der Waals surface area contributed by atoms with Crippen LogP contribution < -0.4 is 0 Å². The van der Waals surface area contributed by atoms with Crippen LogP contribution in [-0.2, 0) is 9.47 Å². The zero-order valence-corrected chi connectivity index (χ0v) is 13.0. The highest BCUT2D eigenvalue weighted by atomic mass is 16.7. The SMILES string of the molecule is CC(C)O[C@@]1(O)C(=O)c2ccccc2C(=O)[C@@]1(O)OC(C)C. The molecular formula is C16H20O6. The molecule has 0 unspecified atom stereocenters. The number of hydrogen-bond acceptors (Lipinski definition) is 6. The molecule has 1 aromatic rings. The Hall–Kier alpha value is -1.60. The third-order valence-corrected chi connectivity index (χ3v) is 3.30. The molecule has 1 aromatic carbocycles. The Morgan fingerprint density at radius 2 is 1.14 bits per heavy atom. The molecule has 120 valence electrons. The number of carbonyl (C=O) groups excluding carboxylic acids is 2. The summed E-state index contributed by atoms with van der Waals surface area (Å²) in [5.41, 5.74) is -0.0136. The van der Waals surface area contributed by atoms with Crippen molar-refractivity contribution in [1.29, 1.82) is 0 Å². The number of hydrogen-bond donors (Lipinski definition) is 2. The number of Topliss-reactive ketones (excluding diaryl/α,β-unsaturated/α-hetero) is 2. The second kappa shape index (κ2) is 5.55. The highest BCUT2D eigenvalue weighted by molar-refractivity contribution is 6.20. The van der Waals surface area contributed by atoms with Gasteiger partial charge in [0.15, 0.2) is 0 Å². The van der Waals surface area contributed by atoms with Gasteiger partial charge in [-0.3, -0.25) is 9.59 Å². The Morgan fingerprint density at radius 1 is 0.818 bits per heavy atom. The van der Waals surface area contributed by atoms with Crippen molar-refractivity contribution in [2.75, 3.05) is 0 Å². The van der Waals surface area contributed by atoms with Gasteiger partial charge in [-0.05, 0) is 27.7 Å². The molecule has 1 aliphatic carbocycles. The predicted molar refractivity (Wildman–Crippen MR) is 77.4 cm³/mol. The molecule has 2 rings (SSSR count). The summed E-state index contributed by atoms with van der Waals surface area (Å²) in [6, 6.07) is 5.93. The molecular weight excluding hydrogens is 288 g/mol. The summed E-state index contributed by atoms with van der Waals surface area (Å²) in [4.78, 5) is 25.3. The molecule has 6 heteroatoms. The lowest BCUT2D eigenvalue weighted by Crippen LogP contribution is -2.70. The molecule has 22 heavy (non-hydrogen) atoms. The summed E-state index contributed by atoms with van der Waals surface area (Å²) in [6.07, 6.45) is -1.23. The van der Waals surface area contributed by atoms with E-state index < -0.39 is 35.3 Å². The van der Waals surface area contributed by atoms with Crippen LogP contribution in [0.25, 0.3) is 0 Å². The van der Waals surface area contributed by atoms with Gasteiger partial charge in [0.05, 0.1) is 12.2 Å². The van der Waals surface area contributed by atoms with E-state index in [2.05, 4.69) is 0 Å². The van der Waals surface area contributed by atoms with Crippen molar-refractivity contribution in [3.05, 3.63) is 35.4 Å². The standard InChI is InChI=1S/C16H20O6/c1-9(2)21-15(19)13(17)11-7-5-6-8-12(11)14(18)16(15,20)22-10(3)4/h5-10,19-20H,1-4H3/t15-,16+. The molecule has 0 aliphatic heterocycles. The van der Waals surface area contributed by atoms with Crippen molar-refractivity contribution in [2.45, 2.75) is 51.5 Å². The Morgan fingerprint density at radius 3 is 1.41 bits per heavy atom. The lowest BCUT2D eigenvalue weighted by molar-refractivity contribution is -0.348. The van der Waals surface area contributed by atoms with Crippen LogP contribution in [0.15, 0.2) is 24.3 Å². The van der Waals surface area contributed by atoms with Crippen LogP contribution in [-0.4, -0.2) is 45.6 Å². The molecule has 0 amide bonds. The molecule has 1 aliphatic rings. The average molecular weight is 308 g/mol. The van der Waals surface area contributed by atoms with Gasteiger partial charge >= 0.3 is 0 Å². The smallest absolute Gasteiger partial charge is 0.295 e. The van der Waals surface area contributed by atoms with E-state index in [1.165, 1.54) is 12.1 Å². The van der Waals surface area contributed by atoms with Gasteiger partial charge in [-0.2, -0.15) is 0 Å². The normalized spacial score (nSPS) is 28.4. The topological polar surface area (TPSA) is 93.1 Å². The van der Waals surface area contributed by atoms with Crippen molar-refractivity contribution >= 4 is 11.6 Å². The van der Waals surface area contributed by atoms with Crippen LogP contribution in [0.3, 0.4) is 0 Å². The first-order chi connectivity index (χ1) is 10.1. The Labute approximate surface area is 128 Å². The van der Waals surface area contributed by atoms with E-state index in [1.807, 2.05) is 0 Å². The first-order valence-electron chi connectivity index (χ1n) is 7.12.